The van der Waals surface area contributed by atoms with Gasteiger partial charge in [0.25, 0.3) is 0 Å². The van der Waals surface area contributed by atoms with Gasteiger partial charge in [0, 0.05) is 58.7 Å². The lowest BCUT2D eigenvalue weighted by Crippen LogP contribution is -2.28. The van der Waals surface area contributed by atoms with E-state index in [9.17, 15) is 9.90 Å². The van der Waals surface area contributed by atoms with Crippen molar-refractivity contribution in [2.75, 3.05) is 25.1 Å². The van der Waals surface area contributed by atoms with Crippen LogP contribution >= 0.6 is 0 Å². The molecule has 10 heteroatoms. The molecule has 0 fully saturated rings. The summed E-state index contributed by atoms with van der Waals surface area (Å²) in [6.45, 7) is 13.1. The van der Waals surface area contributed by atoms with Crippen LogP contribution in [-0.2, 0) is 23.0 Å². The first-order chi connectivity index (χ1) is 23.3. The number of pyridine rings is 2. The number of aromatic nitrogens is 3. The molecule has 0 saturated carbocycles. The van der Waals surface area contributed by atoms with E-state index in [1.54, 1.807) is 13.1 Å². The molecule has 2 aliphatic rings. The van der Waals surface area contributed by atoms with E-state index >= 15 is 4.39 Å². The second kappa shape index (κ2) is 12.2. The molecule has 7 rings (SSSR count). The number of halogens is 1. The minimum Gasteiger partial charge on any atom is -0.490 e. The lowest BCUT2D eigenvalue weighted by atomic mass is 9.86. The highest BCUT2D eigenvalue weighted by Crippen LogP contribution is 2.46. The maximum Gasteiger partial charge on any atom is 0.337 e. The van der Waals surface area contributed by atoms with Gasteiger partial charge in [0.2, 0.25) is 0 Å². The number of hydrogen-bond acceptors (Lipinski definition) is 7. The van der Waals surface area contributed by atoms with Gasteiger partial charge in [-0.1, -0.05) is 0 Å². The van der Waals surface area contributed by atoms with Crippen molar-refractivity contribution in [2.24, 2.45) is 7.05 Å². The number of aryl methyl sites for hydroxylation is 2. The standard InChI is InChI=1S/C39H41FN4O5/c1-20-25-9-8-15-48-35(25)28(40)18-26(20)33-27-19-30(44(7)37(27)43-22(3)32(33)36(38(45)46)49-39(4,5)6)23-12-13-41-29(17-23)24-10-11-31-34(21(24)2)42-14-16-47-31/h10-13,17-19,36,42H,8-9,14-16H2,1-7H3,(H,45,46). The molecule has 1 unspecified atom stereocenters. The third kappa shape index (κ3) is 5.67. The Kier molecular flexibility index (Phi) is 8.10. The molecule has 0 radical (unpaired) electrons. The van der Waals surface area contributed by atoms with E-state index in [-0.39, 0.29) is 5.75 Å². The second-order valence-electron chi connectivity index (χ2n) is 13.9. The highest BCUT2D eigenvalue weighted by molar-refractivity contribution is 6.01. The Balaban J connectivity index is 1.48. The van der Waals surface area contributed by atoms with Crippen molar-refractivity contribution in [3.05, 3.63) is 76.4 Å². The molecule has 0 saturated heterocycles. The molecular weight excluding hydrogens is 623 g/mol. The number of carbonyl (C=O) groups is 1. The average Bonchev–Trinajstić information content (AvgIpc) is 3.40. The lowest BCUT2D eigenvalue weighted by molar-refractivity contribution is -0.160. The average molecular weight is 665 g/mol. The molecule has 2 N–H and O–H groups in total. The lowest BCUT2D eigenvalue weighted by Gasteiger charge is -2.29. The number of carboxylic acids is 1. The van der Waals surface area contributed by atoms with Gasteiger partial charge in [-0.05, 0) is 107 Å². The highest BCUT2D eigenvalue weighted by atomic mass is 19.1. The van der Waals surface area contributed by atoms with E-state index in [1.807, 2.05) is 69.6 Å². The fraction of sp³-hybridized carbons (Fsp3) is 0.359. The Labute approximate surface area is 285 Å². The van der Waals surface area contributed by atoms with Crippen LogP contribution in [0.4, 0.5) is 10.1 Å². The zero-order valence-electron chi connectivity index (χ0n) is 29.0. The molecule has 5 aromatic rings. The van der Waals surface area contributed by atoms with E-state index < -0.39 is 23.5 Å². The number of ether oxygens (including phenoxy) is 3. The van der Waals surface area contributed by atoms with Crippen molar-refractivity contribution in [2.45, 2.75) is 66.1 Å². The van der Waals surface area contributed by atoms with Crippen LogP contribution < -0.4 is 14.8 Å². The van der Waals surface area contributed by atoms with E-state index in [4.69, 9.17) is 24.2 Å². The van der Waals surface area contributed by atoms with Crippen molar-refractivity contribution in [3.8, 4) is 45.1 Å². The maximum atomic E-state index is 15.8. The summed E-state index contributed by atoms with van der Waals surface area (Å²) in [5.74, 6) is -0.510. The van der Waals surface area contributed by atoms with E-state index in [1.165, 1.54) is 6.07 Å². The minimum absolute atomic E-state index is 0.272. The van der Waals surface area contributed by atoms with E-state index in [0.717, 1.165) is 63.6 Å². The number of fused-ring (bicyclic) bond motifs is 3. The van der Waals surface area contributed by atoms with Gasteiger partial charge in [-0.25, -0.2) is 14.2 Å². The molecule has 0 bridgehead atoms. The van der Waals surface area contributed by atoms with Crippen molar-refractivity contribution in [1.29, 1.82) is 0 Å². The second-order valence-corrected chi connectivity index (χ2v) is 13.9. The van der Waals surface area contributed by atoms with Crippen LogP contribution in [0, 0.1) is 26.6 Å². The Morgan fingerprint density at radius 3 is 2.61 bits per heavy atom. The predicted molar refractivity (Wildman–Crippen MR) is 188 cm³/mol. The number of rotatable bonds is 6. The number of nitrogens with zero attached hydrogens (tertiary/aromatic N) is 3. The quantitative estimate of drug-likeness (QED) is 0.188. The maximum absolute atomic E-state index is 15.8. The Morgan fingerprint density at radius 1 is 1.06 bits per heavy atom. The predicted octanol–water partition coefficient (Wildman–Crippen LogP) is 8.10. The van der Waals surface area contributed by atoms with Gasteiger partial charge in [0.05, 0.1) is 29.3 Å². The summed E-state index contributed by atoms with van der Waals surface area (Å²) in [5, 5.41) is 14.7. The summed E-state index contributed by atoms with van der Waals surface area (Å²) in [4.78, 5) is 22.7. The molecule has 0 aliphatic carbocycles. The number of nitrogens with one attached hydrogen (secondary N) is 1. The normalized spacial score (nSPS) is 14.8. The van der Waals surface area contributed by atoms with Crippen LogP contribution in [-0.4, -0.2) is 51.0 Å². The van der Waals surface area contributed by atoms with Crippen molar-refractivity contribution >= 4 is 22.7 Å². The molecule has 2 aliphatic heterocycles. The van der Waals surface area contributed by atoms with Crippen LogP contribution in [0.1, 0.15) is 61.2 Å². The topological polar surface area (TPSA) is 108 Å². The smallest absolute Gasteiger partial charge is 0.337 e. The molecule has 0 spiro atoms. The van der Waals surface area contributed by atoms with Gasteiger partial charge in [0.1, 0.15) is 18.0 Å². The molecule has 5 heterocycles. The van der Waals surface area contributed by atoms with Crippen LogP contribution in [0.15, 0.2) is 42.6 Å². The van der Waals surface area contributed by atoms with Crippen LogP contribution in [0.25, 0.3) is 44.7 Å². The van der Waals surface area contributed by atoms with E-state index in [2.05, 4.69) is 12.2 Å². The number of hydrogen-bond donors (Lipinski definition) is 2. The van der Waals surface area contributed by atoms with Gasteiger partial charge in [-0.3, -0.25) is 4.98 Å². The molecule has 49 heavy (non-hydrogen) atoms. The molecule has 3 aromatic heterocycles. The minimum atomic E-state index is -1.34. The highest BCUT2D eigenvalue weighted by Gasteiger charge is 2.34. The van der Waals surface area contributed by atoms with Gasteiger partial charge in [0.15, 0.2) is 17.7 Å². The summed E-state index contributed by atoms with van der Waals surface area (Å²) >= 11 is 0. The summed E-state index contributed by atoms with van der Waals surface area (Å²) < 4.78 is 35.6. The number of carboxylic acid groups (broad SMARTS) is 1. The Hall–Kier alpha value is -4.96. The summed E-state index contributed by atoms with van der Waals surface area (Å²) in [5.41, 5.74) is 9.17. The van der Waals surface area contributed by atoms with Gasteiger partial charge < -0.3 is 29.2 Å². The first-order valence-electron chi connectivity index (χ1n) is 16.7. The summed E-state index contributed by atoms with van der Waals surface area (Å²) in [6.07, 6.45) is 1.88. The first kappa shape index (κ1) is 32.6. The Bertz CT molecular complexity index is 2150. The molecule has 254 valence electrons. The van der Waals surface area contributed by atoms with Crippen LogP contribution in [0.2, 0.25) is 0 Å². The Morgan fingerprint density at radius 2 is 1.86 bits per heavy atom. The largest absolute Gasteiger partial charge is 0.490 e. The van der Waals surface area contributed by atoms with Crippen molar-refractivity contribution in [3.63, 3.8) is 0 Å². The molecule has 9 nitrogen and oxygen atoms in total. The summed E-state index contributed by atoms with van der Waals surface area (Å²) in [6, 6.07) is 11.5. The number of anilines is 1. The first-order valence-corrected chi connectivity index (χ1v) is 16.7. The van der Waals surface area contributed by atoms with E-state index in [0.29, 0.717) is 53.1 Å². The zero-order valence-corrected chi connectivity index (χ0v) is 29.0. The number of aliphatic carboxylic acids is 1. The molecule has 1 atom stereocenters. The fourth-order valence-corrected chi connectivity index (χ4v) is 7.23. The van der Waals surface area contributed by atoms with Gasteiger partial charge in [-0.2, -0.15) is 0 Å². The van der Waals surface area contributed by atoms with Crippen LogP contribution in [0.5, 0.6) is 11.5 Å². The van der Waals surface area contributed by atoms with Gasteiger partial charge >= 0.3 is 5.97 Å². The molecule has 2 aromatic carbocycles. The SMILES string of the molecule is Cc1nc2c(cc(-c3ccnc(-c4ccc5c(c4C)NCCO5)c3)n2C)c(-c2cc(F)c3c(c2C)CCCO3)c1C(OC(C)(C)C)C(=O)O. The van der Waals surface area contributed by atoms with Crippen LogP contribution in [0.3, 0.4) is 0 Å². The fourth-order valence-electron chi connectivity index (χ4n) is 7.23. The van der Waals surface area contributed by atoms with Crippen molar-refractivity contribution < 1.29 is 28.5 Å². The monoisotopic (exact) mass is 664 g/mol. The zero-order chi connectivity index (χ0) is 34.8. The summed E-state index contributed by atoms with van der Waals surface area (Å²) in [7, 11) is 1.94. The molecular formula is C39H41FN4O5. The van der Waals surface area contributed by atoms with Gasteiger partial charge in [-0.15, -0.1) is 0 Å². The van der Waals surface area contributed by atoms with Crippen molar-refractivity contribution in [1.82, 2.24) is 14.5 Å². The third-order valence-corrected chi connectivity index (χ3v) is 9.49. The molecule has 0 amide bonds. The third-order valence-electron chi connectivity index (χ3n) is 9.49. The number of benzene rings is 2.